The molecule has 0 bridgehead atoms. The zero-order valence-corrected chi connectivity index (χ0v) is 14.8. The summed E-state index contributed by atoms with van der Waals surface area (Å²) in [6.45, 7) is 2.83. The van der Waals surface area contributed by atoms with E-state index in [9.17, 15) is 0 Å². The second-order valence-electron chi connectivity index (χ2n) is 6.34. The Bertz CT molecular complexity index is 860. The van der Waals surface area contributed by atoms with Crippen molar-refractivity contribution in [1.29, 1.82) is 0 Å². The Morgan fingerprint density at radius 3 is 2.52 bits per heavy atom. The molecule has 1 fully saturated rings. The molecule has 0 aliphatic carbocycles. The van der Waals surface area contributed by atoms with Gasteiger partial charge in [-0.2, -0.15) is 0 Å². The number of benzene rings is 1. The van der Waals surface area contributed by atoms with Gasteiger partial charge in [-0.25, -0.2) is 0 Å². The first kappa shape index (κ1) is 15.8. The van der Waals surface area contributed by atoms with Crippen molar-refractivity contribution in [2.75, 3.05) is 0 Å². The van der Waals surface area contributed by atoms with Crippen LogP contribution in [0.4, 0.5) is 0 Å². The van der Waals surface area contributed by atoms with Gasteiger partial charge in [0.1, 0.15) is 0 Å². The Labute approximate surface area is 152 Å². The molecule has 1 aliphatic rings. The molecule has 2 aromatic heterocycles. The van der Waals surface area contributed by atoms with E-state index in [-0.39, 0.29) is 12.1 Å². The molecule has 2 atom stereocenters. The molecule has 4 rings (SSSR count). The van der Waals surface area contributed by atoms with Crippen molar-refractivity contribution in [3.05, 3.63) is 89.5 Å². The van der Waals surface area contributed by atoms with Gasteiger partial charge < -0.3 is 15.2 Å². The normalized spacial score (nSPS) is 19.9. The minimum atomic E-state index is 0.0236. The molecule has 0 saturated carbocycles. The smallest absolute Gasteiger partial charge is 0.170 e. The Hall–Kier alpha value is -2.66. The number of H-pyrrole nitrogens is 1. The average molecular weight is 348 g/mol. The maximum Gasteiger partial charge on any atom is 0.170 e. The molecule has 0 radical (unpaired) electrons. The lowest BCUT2D eigenvalue weighted by atomic mass is 10.0. The van der Waals surface area contributed by atoms with Crippen LogP contribution in [0, 0.1) is 6.92 Å². The first-order chi connectivity index (χ1) is 12.2. The van der Waals surface area contributed by atoms with Gasteiger partial charge in [0.05, 0.1) is 17.8 Å². The third-order valence-electron chi connectivity index (χ3n) is 4.57. The van der Waals surface area contributed by atoms with Crippen LogP contribution in [0.2, 0.25) is 0 Å². The Morgan fingerprint density at radius 2 is 1.84 bits per heavy atom. The Morgan fingerprint density at radius 1 is 1.04 bits per heavy atom. The summed E-state index contributed by atoms with van der Waals surface area (Å²) >= 11 is 5.67. The van der Waals surface area contributed by atoms with E-state index in [4.69, 9.17) is 12.2 Å². The molecule has 3 heterocycles. The molecular weight excluding hydrogens is 328 g/mol. The van der Waals surface area contributed by atoms with Gasteiger partial charge in [-0.05, 0) is 49.0 Å². The standard InChI is InChI=1S/C20H20N4S/c1-14-10-11-17(22-14)19-18(16-9-5-6-12-21-16)23-20(25)24(19)13-15-7-3-2-4-8-15/h2-12,18-19,22H,13H2,1H3,(H,23,25)/t18-,19-/m1/s1. The molecule has 5 heteroatoms. The zero-order chi connectivity index (χ0) is 17.2. The van der Waals surface area contributed by atoms with Crippen molar-refractivity contribution in [3.8, 4) is 0 Å². The lowest BCUT2D eigenvalue weighted by Gasteiger charge is -2.27. The third kappa shape index (κ3) is 3.15. The number of thiocarbonyl (C=S) groups is 1. The van der Waals surface area contributed by atoms with Crippen molar-refractivity contribution >= 4 is 17.3 Å². The number of pyridine rings is 1. The van der Waals surface area contributed by atoms with Crippen LogP contribution in [0.15, 0.2) is 66.9 Å². The summed E-state index contributed by atoms with van der Waals surface area (Å²) in [5, 5.41) is 4.23. The second kappa shape index (κ2) is 6.69. The highest BCUT2D eigenvalue weighted by Gasteiger charge is 2.40. The summed E-state index contributed by atoms with van der Waals surface area (Å²) in [6.07, 6.45) is 1.83. The zero-order valence-electron chi connectivity index (χ0n) is 14.0. The molecule has 25 heavy (non-hydrogen) atoms. The topological polar surface area (TPSA) is 44.0 Å². The van der Waals surface area contributed by atoms with Gasteiger partial charge in [0, 0.05) is 24.1 Å². The first-order valence-corrected chi connectivity index (χ1v) is 8.81. The van der Waals surface area contributed by atoms with E-state index in [0.29, 0.717) is 0 Å². The van der Waals surface area contributed by atoms with Crippen LogP contribution < -0.4 is 5.32 Å². The van der Waals surface area contributed by atoms with E-state index in [1.807, 2.05) is 24.4 Å². The third-order valence-corrected chi connectivity index (χ3v) is 4.92. The molecule has 3 aromatic rings. The average Bonchev–Trinajstić information content (AvgIpc) is 3.20. The highest BCUT2D eigenvalue weighted by atomic mass is 32.1. The van der Waals surface area contributed by atoms with Crippen molar-refractivity contribution < 1.29 is 0 Å². The van der Waals surface area contributed by atoms with Gasteiger partial charge in [0.2, 0.25) is 0 Å². The fourth-order valence-electron chi connectivity index (χ4n) is 3.39. The minimum Gasteiger partial charge on any atom is -0.361 e. The van der Waals surface area contributed by atoms with Gasteiger partial charge in [-0.3, -0.25) is 4.98 Å². The monoisotopic (exact) mass is 348 g/mol. The van der Waals surface area contributed by atoms with E-state index in [2.05, 4.69) is 69.6 Å². The van der Waals surface area contributed by atoms with Crippen LogP contribution in [0.3, 0.4) is 0 Å². The van der Waals surface area contributed by atoms with Crippen LogP contribution in [0.5, 0.6) is 0 Å². The van der Waals surface area contributed by atoms with Crippen molar-refractivity contribution in [2.24, 2.45) is 0 Å². The summed E-state index contributed by atoms with van der Waals surface area (Å²) in [7, 11) is 0. The molecular formula is C20H20N4S. The van der Waals surface area contributed by atoms with Crippen LogP contribution >= 0.6 is 12.2 Å². The first-order valence-electron chi connectivity index (χ1n) is 8.40. The quantitative estimate of drug-likeness (QED) is 0.702. The number of hydrogen-bond acceptors (Lipinski definition) is 2. The summed E-state index contributed by atoms with van der Waals surface area (Å²) in [4.78, 5) is 10.3. The molecule has 1 saturated heterocycles. The number of rotatable bonds is 4. The van der Waals surface area contributed by atoms with Gasteiger partial charge in [-0.15, -0.1) is 0 Å². The van der Waals surface area contributed by atoms with Crippen molar-refractivity contribution in [1.82, 2.24) is 20.2 Å². The molecule has 1 aromatic carbocycles. The SMILES string of the molecule is Cc1ccc([C@@H]2[C@@H](c3ccccn3)NC(=S)N2Cc2ccccc2)[nH]1. The number of hydrogen-bond donors (Lipinski definition) is 2. The Kier molecular flexibility index (Phi) is 4.24. The van der Waals surface area contributed by atoms with Crippen LogP contribution in [0.1, 0.15) is 34.7 Å². The molecule has 0 spiro atoms. The summed E-state index contributed by atoms with van der Waals surface area (Å²) in [5.74, 6) is 0. The van der Waals surface area contributed by atoms with Crippen LogP contribution in [-0.2, 0) is 6.54 Å². The Balaban J connectivity index is 1.72. The van der Waals surface area contributed by atoms with Crippen molar-refractivity contribution in [2.45, 2.75) is 25.6 Å². The number of nitrogens with zero attached hydrogens (tertiary/aromatic N) is 2. The molecule has 0 amide bonds. The van der Waals surface area contributed by atoms with E-state index in [1.165, 1.54) is 5.56 Å². The van der Waals surface area contributed by atoms with E-state index >= 15 is 0 Å². The lowest BCUT2D eigenvalue weighted by Crippen LogP contribution is -2.29. The maximum atomic E-state index is 5.67. The second-order valence-corrected chi connectivity index (χ2v) is 6.72. The number of aryl methyl sites for hydroxylation is 1. The predicted octanol–water partition coefficient (Wildman–Crippen LogP) is 3.89. The van der Waals surface area contributed by atoms with Gasteiger partial charge in [0.15, 0.2) is 5.11 Å². The summed E-state index contributed by atoms with van der Waals surface area (Å²) in [6, 6.07) is 20.8. The molecule has 2 N–H and O–H groups in total. The molecule has 126 valence electrons. The largest absolute Gasteiger partial charge is 0.361 e. The number of nitrogens with one attached hydrogen (secondary N) is 2. The van der Waals surface area contributed by atoms with E-state index in [0.717, 1.165) is 28.7 Å². The maximum absolute atomic E-state index is 5.67. The minimum absolute atomic E-state index is 0.0236. The fourth-order valence-corrected chi connectivity index (χ4v) is 3.70. The summed E-state index contributed by atoms with van der Waals surface area (Å²) < 4.78 is 0. The van der Waals surface area contributed by atoms with Gasteiger partial charge in [-0.1, -0.05) is 36.4 Å². The molecule has 0 unspecified atom stereocenters. The van der Waals surface area contributed by atoms with Gasteiger partial charge >= 0.3 is 0 Å². The fraction of sp³-hybridized carbons (Fsp3) is 0.200. The highest BCUT2D eigenvalue weighted by molar-refractivity contribution is 7.80. The van der Waals surface area contributed by atoms with Crippen molar-refractivity contribution in [3.63, 3.8) is 0 Å². The van der Waals surface area contributed by atoms with Crippen LogP contribution in [0.25, 0.3) is 0 Å². The number of aromatic nitrogens is 2. The van der Waals surface area contributed by atoms with Gasteiger partial charge in [0.25, 0.3) is 0 Å². The van der Waals surface area contributed by atoms with E-state index < -0.39 is 0 Å². The highest BCUT2D eigenvalue weighted by Crippen LogP contribution is 2.38. The lowest BCUT2D eigenvalue weighted by molar-refractivity contribution is 0.306. The predicted molar refractivity (Wildman–Crippen MR) is 103 cm³/mol. The van der Waals surface area contributed by atoms with E-state index in [1.54, 1.807) is 0 Å². The molecule has 1 aliphatic heterocycles. The summed E-state index contributed by atoms with van der Waals surface area (Å²) in [5.41, 5.74) is 4.53. The molecule has 4 nitrogen and oxygen atoms in total. The number of aromatic amines is 1. The van der Waals surface area contributed by atoms with Crippen LogP contribution in [-0.4, -0.2) is 20.0 Å².